The van der Waals surface area contributed by atoms with Gasteiger partial charge in [-0.05, 0) is 28.1 Å². The number of hydrogen-bond acceptors (Lipinski definition) is 5. The highest BCUT2D eigenvalue weighted by atomic mass is 79.9. The number of halogens is 1. The van der Waals surface area contributed by atoms with Crippen LogP contribution in [0.5, 0.6) is 0 Å². The Morgan fingerprint density at radius 2 is 2.30 bits per heavy atom. The predicted octanol–water partition coefficient (Wildman–Crippen LogP) is -0.00840. The number of nitrogens with one attached hydrogen (secondary N) is 1. The van der Waals surface area contributed by atoms with Crippen molar-refractivity contribution in [2.75, 3.05) is 32.9 Å². The summed E-state index contributed by atoms with van der Waals surface area (Å²) in [6.07, 6.45) is 0. The van der Waals surface area contributed by atoms with Crippen LogP contribution >= 0.6 is 15.9 Å². The molecule has 0 saturated carbocycles. The molecule has 1 atom stereocenters. The van der Waals surface area contributed by atoms with Crippen LogP contribution in [0.25, 0.3) is 0 Å². The molecular formula is C12H15BrN2O5. The molecular weight excluding hydrogens is 332 g/mol. The number of aliphatic hydroxyl groups excluding tert-OH is 1. The molecule has 2 rings (SSSR count). The Bertz CT molecular complexity index is 490. The van der Waals surface area contributed by atoms with E-state index in [-0.39, 0.29) is 30.9 Å². The van der Waals surface area contributed by atoms with Gasteiger partial charge in [0.15, 0.2) is 10.4 Å². The molecule has 2 N–H and O–H groups in total. The Morgan fingerprint density at radius 3 is 2.95 bits per heavy atom. The van der Waals surface area contributed by atoms with E-state index in [4.69, 9.17) is 9.15 Å². The fourth-order valence-corrected chi connectivity index (χ4v) is 2.22. The van der Waals surface area contributed by atoms with Crippen molar-refractivity contribution >= 4 is 27.7 Å². The zero-order valence-corrected chi connectivity index (χ0v) is 12.3. The highest BCUT2D eigenvalue weighted by Crippen LogP contribution is 2.13. The monoisotopic (exact) mass is 346 g/mol. The van der Waals surface area contributed by atoms with E-state index >= 15 is 0 Å². The van der Waals surface area contributed by atoms with Crippen LogP contribution in [0.4, 0.5) is 0 Å². The Hall–Kier alpha value is -1.38. The molecule has 1 aromatic heterocycles. The summed E-state index contributed by atoms with van der Waals surface area (Å²) in [7, 11) is 0. The highest BCUT2D eigenvalue weighted by Gasteiger charge is 2.26. The Balaban J connectivity index is 1.86. The molecule has 1 fully saturated rings. The van der Waals surface area contributed by atoms with E-state index in [1.54, 1.807) is 6.07 Å². The number of morpholine rings is 1. The highest BCUT2D eigenvalue weighted by molar-refractivity contribution is 9.10. The molecule has 0 radical (unpaired) electrons. The van der Waals surface area contributed by atoms with E-state index in [0.717, 1.165) is 0 Å². The fourth-order valence-electron chi connectivity index (χ4n) is 1.92. The number of carbonyl (C=O) groups excluding carboxylic acids is 2. The second kappa shape index (κ2) is 6.87. The van der Waals surface area contributed by atoms with Gasteiger partial charge in [-0.1, -0.05) is 0 Å². The number of amides is 2. The zero-order chi connectivity index (χ0) is 14.5. The maximum atomic E-state index is 12.0. The third kappa shape index (κ3) is 3.59. The van der Waals surface area contributed by atoms with Crippen LogP contribution < -0.4 is 5.32 Å². The van der Waals surface area contributed by atoms with E-state index < -0.39 is 5.91 Å². The zero-order valence-electron chi connectivity index (χ0n) is 10.7. The molecule has 110 valence electrons. The van der Waals surface area contributed by atoms with Gasteiger partial charge >= 0.3 is 0 Å². The molecule has 2 heterocycles. The molecule has 0 spiro atoms. The first-order chi connectivity index (χ1) is 9.61. The molecule has 2 amide bonds. The quantitative estimate of drug-likeness (QED) is 0.800. The Morgan fingerprint density at radius 1 is 1.50 bits per heavy atom. The fraction of sp³-hybridized carbons (Fsp3) is 0.500. The van der Waals surface area contributed by atoms with Gasteiger partial charge in [-0.15, -0.1) is 0 Å². The summed E-state index contributed by atoms with van der Waals surface area (Å²) in [4.78, 5) is 25.3. The number of rotatable bonds is 4. The van der Waals surface area contributed by atoms with Gasteiger partial charge in [0, 0.05) is 6.54 Å². The molecule has 1 saturated heterocycles. The van der Waals surface area contributed by atoms with E-state index in [1.165, 1.54) is 11.0 Å². The lowest BCUT2D eigenvalue weighted by molar-refractivity contribution is -0.140. The summed E-state index contributed by atoms with van der Waals surface area (Å²) in [5.41, 5.74) is 0. The van der Waals surface area contributed by atoms with Crippen LogP contribution in [-0.4, -0.2) is 60.8 Å². The lowest BCUT2D eigenvalue weighted by atomic mass is 10.2. The SMILES string of the molecule is O=C(NCC(=O)N1CCOCC1CO)c1ccc(Br)o1. The van der Waals surface area contributed by atoms with Crippen LogP contribution in [0.2, 0.25) is 0 Å². The van der Waals surface area contributed by atoms with Gasteiger partial charge in [0.1, 0.15) is 0 Å². The Kier molecular flexibility index (Phi) is 5.16. The molecule has 1 aliphatic heterocycles. The molecule has 20 heavy (non-hydrogen) atoms. The summed E-state index contributed by atoms with van der Waals surface area (Å²) in [5, 5.41) is 11.7. The van der Waals surface area contributed by atoms with Crippen LogP contribution in [0.15, 0.2) is 21.2 Å². The molecule has 7 nitrogen and oxygen atoms in total. The smallest absolute Gasteiger partial charge is 0.287 e. The number of furan rings is 1. The van der Waals surface area contributed by atoms with Crippen molar-refractivity contribution in [2.24, 2.45) is 0 Å². The molecule has 1 unspecified atom stereocenters. The number of carbonyl (C=O) groups is 2. The largest absolute Gasteiger partial charge is 0.444 e. The van der Waals surface area contributed by atoms with Crippen molar-refractivity contribution in [3.63, 3.8) is 0 Å². The van der Waals surface area contributed by atoms with Gasteiger partial charge in [-0.2, -0.15) is 0 Å². The molecule has 8 heteroatoms. The molecule has 1 aliphatic rings. The van der Waals surface area contributed by atoms with E-state index in [9.17, 15) is 14.7 Å². The second-order valence-corrected chi connectivity index (χ2v) is 5.07. The van der Waals surface area contributed by atoms with Crippen molar-refractivity contribution < 1.29 is 23.8 Å². The first-order valence-corrected chi connectivity index (χ1v) is 6.92. The topological polar surface area (TPSA) is 92.0 Å². The van der Waals surface area contributed by atoms with Gasteiger partial charge < -0.3 is 24.5 Å². The van der Waals surface area contributed by atoms with E-state index in [1.807, 2.05) is 0 Å². The van der Waals surface area contributed by atoms with Crippen LogP contribution in [-0.2, 0) is 9.53 Å². The minimum atomic E-state index is -0.460. The van der Waals surface area contributed by atoms with Gasteiger partial charge in [0.05, 0.1) is 32.4 Å². The number of nitrogens with zero attached hydrogens (tertiary/aromatic N) is 1. The molecule has 0 aliphatic carbocycles. The maximum Gasteiger partial charge on any atom is 0.287 e. The van der Waals surface area contributed by atoms with Crippen molar-refractivity contribution in [3.8, 4) is 0 Å². The predicted molar refractivity (Wildman–Crippen MR) is 72.1 cm³/mol. The van der Waals surface area contributed by atoms with Gasteiger partial charge in [-0.25, -0.2) is 0 Å². The molecule has 0 aromatic carbocycles. The molecule has 0 bridgehead atoms. The van der Waals surface area contributed by atoms with Crippen molar-refractivity contribution in [1.82, 2.24) is 10.2 Å². The van der Waals surface area contributed by atoms with Crippen molar-refractivity contribution in [1.29, 1.82) is 0 Å². The van der Waals surface area contributed by atoms with Crippen LogP contribution in [0.3, 0.4) is 0 Å². The van der Waals surface area contributed by atoms with Gasteiger partial charge in [0.25, 0.3) is 5.91 Å². The maximum absolute atomic E-state index is 12.0. The average molecular weight is 347 g/mol. The lowest BCUT2D eigenvalue weighted by Gasteiger charge is -2.34. The summed E-state index contributed by atoms with van der Waals surface area (Å²) in [6.45, 7) is 0.841. The third-order valence-electron chi connectivity index (χ3n) is 2.96. The summed E-state index contributed by atoms with van der Waals surface area (Å²) in [5.74, 6) is -0.588. The average Bonchev–Trinajstić information content (AvgIpc) is 2.91. The number of hydrogen-bond donors (Lipinski definition) is 2. The third-order valence-corrected chi connectivity index (χ3v) is 3.38. The Labute approximate surface area is 124 Å². The minimum absolute atomic E-state index is 0.130. The van der Waals surface area contributed by atoms with E-state index in [2.05, 4.69) is 21.2 Å². The summed E-state index contributed by atoms with van der Waals surface area (Å²) >= 11 is 3.10. The normalized spacial score (nSPS) is 18.9. The number of ether oxygens (including phenoxy) is 1. The summed E-state index contributed by atoms with van der Waals surface area (Å²) in [6, 6.07) is 2.75. The van der Waals surface area contributed by atoms with E-state index in [0.29, 0.717) is 24.4 Å². The van der Waals surface area contributed by atoms with Crippen LogP contribution in [0, 0.1) is 0 Å². The van der Waals surface area contributed by atoms with Gasteiger partial charge in [-0.3, -0.25) is 9.59 Å². The first-order valence-electron chi connectivity index (χ1n) is 6.13. The van der Waals surface area contributed by atoms with Crippen LogP contribution in [0.1, 0.15) is 10.6 Å². The summed E-state index contributed by atoms with van der Waals surface area (Å²) < 4.78 is 10.7. The standard InChI is InChI=1S/C12H15BrN2O5/c13-10-2-1-9(20-10)12(18)14-5-11(17)15-3-4-19-7-8(15)6-16/h1-2,8,16H,3-7H2,(H,14,18). The minimum Gasteiger partial charge on any atom is -0.444 e. The first kappa shape index (κ1) is 15.0. The van der Waals surface area contributed by atoms with Crippen molar-refractivity contribution in [3.05, 3.63) is 22.6 Å². The number of aliphatic hydroxyl groups is 1. The lowest BCUT2D eigenvalue weighted by Crippen LogP contribution is -2.53. The van der Waals surface area contributed by atoms with Crippen molar-refractivity contribution in [2.45, 2.75) is 6.04 Å². The second-order valence-electron chi connectivity index (χ2n) is 4.28. The van der Waals surface area contributed by atoms with Gasteiger partial charge in [0.2, 0.25) is 5.91 Å². The molecule has 1 aromatic rings.